The smallest absolute Gasteiger partial charge is 0.303 e. The minimum Gasteiger partial charge on any atom is -0.303 e. The normalized spacial score (nSPS) is 14.5. The molecule has 1 fully saturated rings. The highest BCUT2D eigenvalue weighted by Crippen LogP contribution is 2.26. The predicted octanol–water partition coefficient (Wildman–Crippen LogP) is 5.17. The molecule has 1 aliphatic heterocycles. The molecule has 186 valence electrons. The first-order valence-electron chi connectivity index (χ1n) is 11.2. The summed E-state index contributed by atoms with van der Waals surface area (Å²) in [5.74, 6) is -2.40. The highest BCUT2D eigenvalue weighted by Gasteiger charge is 2.35. The van der Waals surface area contributed by atoms with Gasteiger partial charge in [0.15, 0.2) is 0 Å². The lowest BCUT2D eigenvalue weighted by molar-refractivity contribution is -0.123. The summed E-state index contributed by atoms with van der Waals surface area (Å²) in [6.07, 6.45) is 1.29. The summed E-state index contributed by atoms with van der Waals surface area (Å²) >= 11 is 6.03. The quantitative estimate of drug-likeness (QED) is 0.281. The molecule has 0 saturated carbocycles. The van der Waals surface area contributed by atoms with Gasteiger partial charge in [-0.3, -0.25) is 19.6 Å². The number of carbonyl (C=O) groups excluding carboxylic acids is 2. The lowest BCUT2D eigenvalue weighted by Gasteiger charge is -2.12. The van der Waals surface area contributed by atoms with E-state index in [-0.39, 0.29) is 16.8 Å². The van der Waals surface area contributed by atoms with Gasteiger partial charge in [0.05, 0.1) is 23.5 Å². The van der Waals surface area contributed by atoms with Crippen LogP contribution in [0.3, 0.4) is 0 Å². The van der Waals surface area contributed by atoms with Crippen LogP contribution in [-0.2, 0) is 11.3 Å². The number of nitrogens with zero attached hydrogens (tertiary/aromatic N) is 2. The standard InChI is InChI=1S/C27H19ClF2N4O3/c1-15-4-2-3-5-23(15)34-25(35)20(24(32-34)16-6-9-18(28)10-7-16)13-22-26(36)33(27(37)31-22)14-17-8-11-19(29)12-21(17)30/h2-13,32H,14H2,1H3,(H,31,37)/b22-13-. The number of carbonyl (C=O) groups is 2. The van der Waals surface area contributed by atoms with Gasteiger partial charge in [-0.15, -0.1) is 0 Å². The van der Waals surface area contributed by atoms with Crippen molar-refractivity contribution in [3.05, 3.63) is 116 Å². The molecule has 10 heteroatoms. The highest BCUT2D eigenvalue weighted by atomic mass is 35.5. The highest BCUT2D eigenvalue weighted by molar-refractivity contribution is 6.30. The minimum absolute atomic E-state index is 0.0310. The average molecular weight is 521 g/mol. The number of urea groups is 1. The SMILES string of the molecule is Cc1ccccc1-n1[nH]c(-c2ccc(Cl)cc2)c(/C=C2\NC(=O)N(Cc3ccc(F)cc3F)C2=O)c1=O. The van der Waals surface area contributed by atoms with Crippen molar-refractivity contribution in [3.63, 3.8) is 0 Å². The fourth-order valence-corrected chi connectivity index (χ4v) is 4.21. The molecule has 1 aromatic heterocycles. The van der Waals surface area contributed by atoms with Crippen molar-refractivity contribution in [1.82, 2.24) is 20.0 Å². The van der Waals surface area contributed by atoms with Gasteiger partial charge in [-0.1, -0.05) is 48.0 Å². The number of hydrogen-bond acceptors (Lipinski definition) is 3. The number of imide groups is 1. The molecule has 0 spiro atoms. The van der Waals surface area contributed by atoms with E-state index in [1.165, 1.54) is 16.8 Å². The van der Waals surface area contributed by atoms with Crippen LogP contribution in [0.25, 0.3) is 23.0 Å². The Morgan fingerprint density at radius 3 is 2.41 bits per heavy atom. The fraction of sp³-hybridized carbons (Fsp3) is 0.0741. The van der Waals surface area contributed by atoms with Gasteiger partial charge < -0.3 is 5.32 Å². The van der Waals surface area contributed by atoms with Crippen LogP contribution in [-0.4, -0.2) is 26.6 Å². The topological polar surface area (TPSA) is 87.2 Å². The molecule has 37 heavy (non-hydrogen) atoms. The summed E-state index contributed by atoms with van der Waals surface area (Å²) in [6.45, 7) is 1.45. The Kier molecular flexibility index (Phi) is 6.22. The van der Waals surface area contributed by atoms with Gasteiger partial charge in [0.2, 0.25) is 0 Å². The van der Waals surface area contributed by atoms with E-state index >= 15 is 0 Å². The number of hydrogen-bond donors (Lipinski definition) is 2. The third-order valence-electron chi connectivity index (χ3n) is 6.01. The molecule has 2 heterocycles. The molecule has 1 aliphatic rings. The fourth-order valence-electron chi connectivity index (χ4n) is 4.08. The van der Waals surface area contributed by atoms with Crippen LogP contribution in [0.4, 0.5) is 13.6 Å². The van der Waals surface area contributed by atoms with E-state index in [4.69, 9.17) is 11.6 Å². The monoisotopic (exact) mass is 520 g/mol. The lowest BCUT2D eigenvalue weighted by Crippen LogP contribution is -2.30. The number of benzene rings is 3. The first-order valence-corrected chi connectivity index (χ1v) is 11.6. The van der Waals surface area contributed by atoms with Crippen molar-refractivity contribution in [3.8, 4) is 16.9 Å². The second kappa shape index (κ2) is 9.51. The Hall–Kier alpha value is -4.50. The van der Waals surface area contributed by atoms with Crippen LogP contribution in [0, 0.1) is 18.6 Å². The maximum absolute atomic E-state index is 14.1. The Balaban J connectivity index is 1.58. The molecule has 0 unspecified atom stereocenters. The second-order valence-electron chi connectivity index (χ2n) is 8.45. The number of H-pyrrole nitrogens is 1. The van der Waals surface area contributed by atoms with Crippen molar-refractivity contribution in [2.75, 3.05) is 0 Å². The van der Waals surface area contributed by atoms with Crippen molar-refractivity contribution < 1.29 is 18.4 Å². The van der Waals surface area contributed by atoms with Crippen LogP contribution in [0.1, 0.15) is 16.7 Å². The Morgan fingerprint density at radius 2 is 1.70 bits per heavy atom. The zero-order chi connectivity index (χ0) is 26.3. The van der Waals surface area contributed by atoms with E-state index in [0.29, 0.717) is 28.0 Å². The number of amides is 3. The van der Waals surface area contributed by atoms with Crippen molar-refractivity contribution in [2.24, 2.45) is 0 Å². The van der Waals surface area contributed by atoms with Crippen molar-refractivity contribution in [2.45, 2.75) is 13.5 Å². The van der Waals surface area contributed by atoms with Crippen molar-refractivity contribution >= 4 is 29.6 Å². The minimum atomic E-state index is -0.880. The van der Waals surface area contributed by atoms with E-state index < -0.39 is 35.7 Å². The summed E-state index contributed by atoms with van der Waals surface area (Å²) in [5, 5.41) is 6.05. The largest absolute Gasteiger partial charge is 0.329 e. The Labute approximate surface area is 214 Å². The number of rotatable bonds is 5. The van der Waals surface area contributed by atoms with Gasteiger partial charge in [-0.25, -0.2) is 18.3 Å². The van der Waals surface area contributed by atoms with Crippen LogP contribution < -0.4 is 10.9 Å². The molecule has 4 aromatic rings. The van der Waals surface area contributed by atoms with E-state index in [1.54, 1.807) is 36.4 Å². The maximum atomic E-state index is 14.1. The van der Waals surface area contributed by atoms with Gasteiger partial charge in [0.25, 0.3) is 11.5 Å². The van der Waals surface area contributed by atoms with Gasteiger partial charge >= 0.3 is 6.03 Å². The van der Waals surface area contributed by atoms with E-state index in [1.807, 2.05) is 19.1 Å². The molecule has 1 saturated heterocycles. The molecule has 5 rings (SSSR count). The molecule has 3 amide bonds. The number of aromatic nitrogens is 2. The summed E-state index contributed by atoms with van der Waals surface area (Å²) in [6, 6.07) is 16.1. The van der Waals surface area contributed by atoms with Crippen LogP contribution in [0.2, 0.25) is 5.02 Å². The molecular weight excluding hydrogens is 502 g/mol. The molecule has 0 bridgehead atoms. The molecule has 3 aromatic carbocycles. The molecule has 0 aliphatic carbocycles. The van der Waals surface area contributed by atoms with Gasteiger partial charge in [-0.05, 0) is 42.8 Å². The van der Waals surface area contributed by atoms with E-state index in [9.17, 15) is 23.2 Å². The number of aromatic amines is 1. The first-order chi connectivity index (χ1) is 17.7. The maximum Gasteiger partial charge on any atom is 0.329 e. The lowest BCUT2D eigenvalue weighted by atomic mass is 10.1. The van der Waals surface area contributed by atoms with Gasteiger partial charge in [0.1, 0.15) is 17.3 Å². The number of halogens is 3. The zero-order valence-corrected chi connectivity index (χ0v) is 20.1. The molecule has 0 radical (unpaired) electrons. The third-order valence-corrected chi connectivity index (χ3v) is 6.26. The summed E-state index contributed by atoms with van der Waals surface area (Å²) in [4.78, 5) is 40.0. The van der Waals surface area contributed by atoms with Gasteiger partial charge in [0, 0.05) is 22.2 Å². The molecular formula is C27H19ClF2N4O3. The van der Waals surface area contributed by atoms with E-state index in [2.05, 4.69) is 10.4 Å². The van der Waals surface area contributed by atoms with Crippen molar-refractivity contribution in [1.29, 1.82) is 0 Å². The Bertz CT molecular complexity index is 1640. The summed E-state index contributed by atoms with van der Waals surface area (Å²) in [5.41, 5.74) is 1.98. The molecule has 7 nitrogen and oxygen atoms in total. The zero-order valence-electron chi connectivity index (χ0n) is 19.4. The molecule has 2 N–H and O–H groups in total. The number of para-hydroxylation sites is 1. The van der Waals surface area contributed by atoms with Crippen LogP contribution in [0.15, 0.2) is 77.2 Å². The summed E-state index contributed by atoms with van der Waals surface area (Å²) < 4.78 is 28.8. The Morgan fingerprint density at radius 1 is 0.973 bits per heavy atom. The number of aryl methyl sites for hydroxylation is 1. The van der Waals surface area contributed by atoms with Crippen LogP contribution in [0.5, 0.6) is 0 Å². The second-order valence-corrected chi connectivity index (χ2v) is 8.89. The average Bonchev–Trinajstić information content (AvgIpc) is 3.32. The van der Waals surface area contributed by atoms with Crippen LogP contribution >= 0.6 is 11.6 Å². The molecule has 0 atom stereocenters. The third kappa shape index (κ3) is 4.56. The van der Waals surface area contributed by atoms with Gasteiger partial charge in [-0.2, -0.15) is 0 Å². The first kappa shape index (κ1) is 24.2. The van der Waals surface area contributed by atoms with E-state index in [0.717, 1.165) is 16.5 Å². The predicted molar refractivity (Wildman–Crippen MR) is 135 cm³/mol. The summed E-state index contributed by atoms with van der Waals surface area (Å²) in [7, 11) is 0. The number of nitrogens with one attached hydrogen (secondary N) is 2.